The van der Waals surface area contributed by atoms with Crippen LogP contribution in [0.3, 0.4) is 0 Å². The third kappa shape index (κ3) is 3.24. The summed E-state index contributed by atoms with van der Waals surface area (Å²) in [7, 11) is 1.71. The molecule has 5 nitrogen and oxygen atoms in total. The summed E-state index contributed by atoms with van der Waals surface area (Å²) in [4.78, 5) is 1.57. The van der Waals surface area contributed by atoms with E-state index in [-0.39, 0.29) is 5.76 Å². The lowest BCUT2D eigenvalue weighted by molar-refractivity contribution is 0.138. The van der Waals surface area contributed by atoms with Gasteiger partial charge < -0.3 is 25.6 Å². The molecule has 0 aromatic heterocycles. The van der Waals surface area contributed by atoms with Gasteiger partial charge in [-0.15, -0.1) is 0 Å². The summed E-state index contributed by atoms with van der Waals surface area (Å²) in [6.45, 7) is 2.68. The zero-order valence-corrected chi connectivity index (χ0v) is 12.7. The van der Waals surface area contributed by atoms with E-state index in [4.69, 9.17) is 10.5 Å². The van der Waals surface area contributed by atoms with Crippen LogP contribution in [0.15, 0.2) is 24.0 Å². The molecule has 1 unspecified atom stereocenters. The molecular formula is C16H24N2O3. The van der Waals surface area contributed by atoms with E-state index in [0.717, 1.165) is 24.1 Å². The van der Waals surface area contributed by atoms with Crippen LogP contribution in [0.2, 0.25) is 0 Å². The van der Waals surface area contributed by atoms with Gasteiger partial charge in [-0.25, -0.2) is 0 Å². The van der Waals surface area contributed by atoms with Gasteiger partial charge in [0.25, 0.3) is 0 Å². The van der Waals surface area contributed by atoms with Crippen molar-refractivity contribution in [2.24, 2.45) is 0 Å². The molecule has 116 valence electrons. The number of hydrogen-bond acceptors (Lipinski definition) is 5. The highest BCUT2D eigenvalue weighted by atomic mass is 16.5. The van der Waals surface area contributed by atoms with Crippen LogP contribution in [0.4, 0.5) is 11.4 Å². The molecule has 1 aliphatic heterocycles. The second-order valence-electron chi connectivity index (χ2n) is 5.38. The number of ether oxygens (including phenoxy) is 1. The Morgan fingerprint density at radius 3 is 2.76 bits per heavy atom. The van der Waals surface area contributed by atoms with Crippen LogP contribution in [0.25, 0.3) is 5.76 Å². The number of nitrogen functional groups attached to an aromatic ring is 1. The van der Waals surface area contributed by atoms with Crippen LogP contribution in [-0.4, -0.2) is 30.1 Å². The monoisotopic (exact) mass is 292 g/mol. The molecule has 0 spiro atoms. The van der Waals surface area contributed by atoms with Crippen LogP contribution in [0.1, 0.15) is 38.2 Å². The smallest absolute Gasteiger partial charge is 0.189 e. The predicted molar refractivity (Wildman–Crippen MR) is 84.9 cm³/mol. The van der Waals surface area contributed by atoms with Gasteiger partial charge >= 0.3 is 0 Å². The van der Waals surface area contributed by atoms with Crippen molar-refractivity contribution < 1.29 is 14.9 Å². The number of rotatable bonds is 6. The van der Waals surface area contributed by atoms with Crippen molar-refractivity contribution in [1.29, 1.82) is 0 Å². The van der Waals surface area contributed by atoms with Crippen LogP contribution in [0.5, 0.6) is 0 Å². The highest BCUT2D eigenvalue weighted by molar-refractivity contribution is 5.80. The van der Waals surface area contributed by atoms with Crippen LogP contribution in [0, 0.1) is 0 Å². The molecule has 1 aromatic carbocycles. The molecule has 1 aromatic rings. The molecule has 21 heavy (non-hydrogen) atoms. The van der Waals surface area contributed by atoms with Crippen molar-refractivity contribution in [2.75, 3.05) is 24.3 Å². The van der Waals surface area contributed by atoms with Crippen LogP contribution >= 0.6 is 0 Å². The van der Waals surface area contributed by atoms with E-state index in [1.807, 2.05) is 6.07 Å². The van der Waals surface area contributed by atoms with E-state index in [1.165, 1.54) is 12.8 Å². The minimum atomic E-state index is -1.11. The van der Waals surface area contributed by atoms with E-state index in [1.54, 1.807) is 24.1 Å². The van der Waals surface area contributed by atoms with Gasteiger partial charge in [-0.1, -0.05) is 26.2 Å². The van der Waals surface area contributed by atoms with Gasteiger partial charge in [0.05, 0.1) is 12.3 Å². The summed E-state index contributed by atoms with van der Waals surface area (Å²) in [5.74, 6) is 0.206. The Morgan fingerprint density at radius 2 is 2.05 bits per heavy atom. The Balaban J connectivity index is 2.18. The van der Waals surface area contributed by atoms with Gasteiger partial charge in [0.15, 0.2) is 17.7 Å². The summed E-state index contributed by atoms with van der Waals surface area (Å²) >= 11 is 0. The van der Waals surface area contributed by atoms with Crippen LogP contribution in [-0.2, 0) is 4.74 Å². The number of benzene rings is 1. The molecule has 1 atom stereocenters. The Kier molecular flexibility index (Phi) is 4.96. The second kappa shape index (κ2) is 6.72. The van der Waals surface area contributed by atoms with E-state index in [2.05, 4.69) is 6.92 Å². The number of nitrogens with two attached hydrogens (primary N) is 1. The summed E-state index contributed by atoms with van der Waals surface area (Å²) in [5, 5.41) is 20.3. The molecule has 4 N–H and O–H groups in total. The van der Waals surface area contributed by atoms with E-state index >= 15 is 0 Å². The topological polar surface area (TPSA) is 79.0 Å². The molecule has 5 heteroatoms. The quantitative estimate of drug-likeness (QED) is 0.555. The van der Waals surface area contributed by atoms with Crippen LogP contribution < -0.4 is 10.6 Å². The maximum absolute atomic E-state index is 10.2. The van der Waals surface area contributed by atoms with E-state index in [9.17, 15) is 10.2 Å². The van der Waals surface area contributed by atoms with E-state index < -0.39 is 6.23 Å². The number of hydrogen-bond donors (Lipinski definition) is 3. The maximum atomic E-state index is 10.2. The largest absolute Gasteiger partial charge is 0.505 e. The molecule has 2 rings (SSSR count). The lowest BCUT2D eigenvalue weighted by atomic mass is 10.0. The average Bonchev–Trinajstić information content (AvgIpc) is 2.48. The predicted octanol–water partition coefficient (Wildman–Crippen LogP) is 2.86. The summed E-state index contributed by atoms with van der Waals surface area (Å²) in [6.07, 6.45) is 3.26. The van der Waals surface area contributed by atoms with Gasteiger partial charge in [0.2, 0.25) is 0 Å². The molecule has 1 aliphatic rings. The zero-order chi connectivity index (χ0) is 15.4. The number of aliphatic hydroxyl groups excluding tert-OH is 2. The van der Waals surface area contributed by atoms with Crippen molar-refractivity contribution in [2.45, 2.75) is 38.8 Å². The maximum Gasteiger partial charge on any atom is 0.189 e. The van der Waals surface area contributed by atoms with Crippen molar-refractivity contribution in [3.05, 3.63) is 29.5 Å². The lowest BCUT2D eigenvalue weighted by Gasteiger charge is -2.33. The first kappa shape index (κ1) is 15.5. The fourth-order valence-corrected chi connectivity index (χ4v) is 2.46. The molecule has 0 amide bonds. The van der Waals surface area contributed by atoms with Gasteiger partial charge in [0, 0.05) is 18.3 Å². The number of anilines is 2. The Bertz CT molecular complexity index is 528. The molecule has 0 saturated heterocycles. The van der Waals surface area contributed by atoms with Crippen molar-refractivity contribution in [3.63, 3.8) is 0 Å². The fourth-order valence-electron chi connectivity index (χ4n) is 2.46. The SMILES string of the molecule is CCCCCCOC1=C(O)C(O)N(C)c2cc(N)ccc21. The van der Waals surface area contributed by atoms with Gasteiger partial charge in [0.1, 0.15) is 0 Å². The van der Waals surface area contributed by atoms with Gasteiger partial charge in [-0.2, -0.15) is 0 Å². The van der Waals surface area contributed by atoms with Crippen molar-refractivity contribution in [3.8, 4) is 0 Å². The molecule has 0 aliphatic carbocycles. The minimum absolute atomic E-state index is 0.148. The number of unbranched alkanes of at least 4 members (excludes halogenated alkanes) is 3. The fraction of sp³-hybridized carbons (Fsp3) is 0.500. The number of likely N-dealkylation sites (N-methyl/N-ethyl adjacent to an activating group) is 1. The molecular weight excluding hydrogens is 268 g/mol. The average molecular weight is 292 g/mol. The summed E-state index contributed by atoms with van der Waals surface area (Å²) in [6, 6.07) is 5.34. The van der Waals surface area contributed by atoms with Crippen molar-refractivity contribution in [1.82, 2.24) is 0 Å². The first-order valence-electron chi connectivity index (χ1n) is 7.43. The highest BCUT2D eigenvalue weighted by Crippen LogP contribution is 2.37. The molecule has 1 heterocycles. The first-order chi connectivity index (χ1) is 10.1. The zero-order valence-electron chi connectivity index (χ0n) is 12.7. The van der Waals surface area contributed by atoms with E-state index in [0.29, 0.717) is 18.1 Å². The molecule has 0 radical (unpaired) electrons. The molecule has 0 saturated carbocycles. The number of nitrogens with zero attached hydrogens (tertiary/aromatic N) is 1. The Hall–Kier alpha value is -1.88. The summed E-state index contributed by atoms with van der Waals surface area (Å²) < 4.78 is 5.73. The molecule has 0 bridgehead atoms. The number of fused-ring (bicyclic) bond motifs is 1. The Morgan fingerprint density at radius 1 is 1.29 bits per heavy atom. The summed E-state index contributed by atoms with van der Waals surface area (Å²) in [5.41, 5.74) is 7.91. The second-order valence-corrected chi connectivity index (χ2v) is 5.38. The standard InChI is InChI=1S/C16H24N2O3/c1-3-4-5-6-9-21-15-12-8-7-11(17)10-13(12)18(2)16(20)14(15)19/h7-8,10,16,19-20H,3-6,9,17H2,1-2H3. The molecule has 0 fully saturated rings. The normalized spacial score (nSPS) is 17.9. The third-order valence-corrected chi connectivity index (χ3v) is 3.73. The Labute approximate surface area is 125 Å². The minimum Gasteiger partial charge on any atom is -0.505 e. The lowest BCUT2D eigenvalue weighted by Crippen LogP contribution is -2.37. The highest BCUT2D eigenvalue weighted by Gasteiger charge is 2.31. The number of aliphatic hydroxyl groups is 2. The van der Waals surface area contributed by atoms with Crippen molar-refractivity contribution >= 4 is 17.1 Å². The first-order valence-corrected chi connectivity index (χ1v) is 7.43. The van der Waals surface area contributed by atoms with Gasteiger partial charge in [-0.3, -0.25) is 0 Å². The van der Waals surface area contributed by atoms with Gasteiger partial charge in [-0.05, 0) is 24.6 Å². The third-order valence-electron chi connectivity index (χ3n) is 3.73.